The van der Waals surface area contributed by atoms with Gasteiger partial charge in [-0.05, 0) is 32.3 Å². The Morgan fingerprint density at radius 2 is 0.630 bits per heavy atom. The van der Waals surface area contributed by atoms with Crippen LogP contribution in [-0.4, -0.2) is 0 Å². The van der Waals surface area contributed by atoms with E-state index in [0.29, 0.717) is 0 Å². The van der Waals surface area contributed by atoms with Gasteiger partial charge in [-0.25, -0.2) is 0 Å². The van der Waals surface area contributed by atoms with E-state index < -0.39 is 6.51 Å². The Morgan fingerprint density at radius 3 is 0.815 bits per heavy atom. The number of fused-ring (bicyclic) bond motifs is 10. The summed E-state index contributed by atoms with van der Waals surface area (Å²) in [5.74, 6) is 0. The Kier molecular flexibility index (Phi) is 0.524. The zero-order valence-corrected chi connectivity index (χ0v) is 16.0. The minimum absolute atomic E-state index is 1.34. The molecule has 0 saturated carbocycles. The molecule has 0 aliphatic carbocycles. The summed E-state index contributed by atoms with van der Waals surface area (Å²) in [6.07, 6.45) is 0. The third kappa shape index (κ3) is 0.213. The molecule has 27 heavy (non-hydrogen) atoms. The van der Waals surface area contributed by atoms with E-state index in [2.05, 4.69) is 60.7 Å². The minimum Gasteiger partial charge on any atom is -0.0610 e. The number of benzene rings is 4. The van der Waals surface area contributed by atoms with Gasteiger partial charge in [0.25, 0.3) is 0 Å². The maximum atomic E-state index is 2.21. The van der Waals surface area contributed by atoms with Gasteiger partial charge in [0.1, 0.15) is 0 Å². The number of hydrogen-bond donors (Lipinski definition) is 0. The molecule has 0 nitrogen and oxygen atoms in total. The Morgan fingerprint density at radius 1 is 0.370 bits per heavy atom. The van der Waals surface area contributed by atoms with Crippen molar-refractivity contribution in [2.75, 3.05) is 0 Å². The van der Waals surface area contributed by atoms with Gasteiger partial charge in [0, 0.05) is 0 Å². The van der Waals surface area contributed by atoms with E-state index in [0.717, 1.165) is 0 Å². The predicted octanol–water partition coefficient (Wildman–Crippen LogP) is 7.96. The van der Waals surface area contributed by atoms with Gasteiger partial charge in [-0.2, -0.15) is 0 Å². The Bertz CT molecular complexity index is 1530. The van der Waals surface area contributed by atoms with Crippen molar-refractivity contribution in [2.45, 2.75) is 48.2 Å². The van der Waals surface area contributed by atoms with Gasteiger partial charge >= 0.3 is 54.7 Å². The van der Waals surface area contributed by atoms with Crippen LogP contribution in [0.4, 0.5) is 0 Å². The molecule has 0 atom stereocenters. The summed E-state index contributed by atoms with van der Waals surface area (Å²) in [5.41, 5.74) is 0. The first kappa shape index (κ1) is 10.8. The third-order valence-corrected chi connectivity index (χ3v) is 59.9. The van der Waals surface area contributed by atoms with E-state index in [9.17, 15) is 0 Å². The summed E-state index contributed by atoms with van der Waals surface area (Å²) in [5, 5.41) is 8.14. The molecule has 10 fully saturated rings. The molecule has 0 amide bonds. The van der Waals surface area contributed by atoms with E-state index >= 15 is 0 Å². The second kappa shape index (κ2) is 1.30. The van der Waals surface area contributed by atoms with Crippen LogP contribution >= 0.6 is 0 Å². The molecule has 10 saturated heterocycles. The maximum Gasteiger partial charge on any atom is -0.00268 e. The van der Waals surface area contributed by atoms with E-state index in [1.54, 1.807) is 48.2 Å². The fraction of sp³-hybridized carbons (Fsp3) is 0.385. The van der Waals surface area contributed by atoms with E-state index in [1.165, 1.54) is 32.3 Å². The van der Waals surface area contributed by atoms with E-state index in [4.69, 9.17) is 0 Å². The van der Waals surface area contributed by atoms with Crippen molar-refractivity contribution >= 4 is 32.3 Å². The smallest absolute Gasteiger partial charge is 0.00268 e. The molecule has 0 N–H and O–H groups in total. The summed E-state index contributed by atoms with van der Waals surface area (Å²) in [6, 6.07) is 21.9. The number of hydrogen-bond acceptors (Lipinski definition) is 0. The first-order valence-corrected chi connectivity index (χ1v) is 17.3. The first-order valence-electron chi connectivity index (χ1n) is 10.9. The van der Waals surface area contributed by atoms with Gasteiger partial charge in [0.05, 0.1) is 0 Å². The summed E-state index contributed by atoms with van der Waals surface area (Å²) in [7, 11) is 0. The van der Waals surface area contributed by atoms with Crippen LogP contribution in [0.3, 0.4) is 0 Å². The Hall–Kier alpha value is -1.56. The standard InChI is InChI=1S/C16H10.2C5H5.Fe/c1-3-11-7-9-13-5-2-6-14-10-8-12(4-1)15(11)16(13)14;2*1-2-4-5-3-1;/h1-10H;2*1-5H;. The zero-order valence-electron chi connectivity index (χ0n) is 14.9. The zero-order chi connectivity index (χ0) is 16.6. The molecule has 1 spiro atoms. The molecule has 10 aliphatic rings. The molecule has 0 unspecified atom stereocenters. The second-order valence-electron chi connectivity index (χ2n) is 13.9. The van der Waals surface area contributed by atoms with Crippen LogP contribution in [0.25, 0.3) is 32.3 Å². The molecule has 132 valence electrons. The molecule has 4 aromatic rings. The SMILES string of the molecule is [CH]12[CH]3[CH]4[CH]5[CH]1[Fe]23451678[CH]2[CH]1[CH]6[CH]7[CH]28.c1cc2ccc3cccc4ccc(c1)c2c34. The van der Waals surface area contributed by atoms with Crippen LogP contribution in [0.2, 0.25) is 48.2 Å². The van der Waals surface area contributed by atoms with Crippen LogP contribution in [0.15, 0.2) is 60.7 Å². The molecule has 10 aliphatic heterocycles. The maximum absolute atomic E-state index is 2.28. The summed E-state index contributed by atoms with van der Waals surface area (Å²) in [4.78, 5) is 15.9. The molecular formula is C26H20Fe. The summed E-state index contributed by atoms with van der Waals surface area (Å²) in [6.45, 7) is -2.28. The van der Waals surface area contributed by atoms with Gasteiger partial charge in [-0.15, -0.1) is 0 Å². The Balaban J connectivity index is 0.0000000829. The molecule has 1 heteroatoms. The van der Waals surface area contributed by atoms with Gasteiger partial charge in [-0.3, -0.25) is 0 Å². The van der Waals surface area contributed by atoms with Gasteiger partial charge in [0.15, 0.2) is 0 Å². The normalized spacial score (nSPS) is 76.6. The van der Waals surface area contributed by atoms with Crippen molar-refractivity contribution in [1.82, 2.24) is 0 Å². The Labute approximate surface area is 147 Å². The number of rotatable bonds is 0. The van der Waals surface area contributed by atoms with Gasteiger partial charge in [-0.1, -0.05) is 60.7 Å². The van der Waals surface area contributed by atoms with Crippen molar-refractivity contribution in [3.63, 3.8) is 0 Å². The average molecular weight is 388 g/mol. The van der Waals surface area contributed by atoms with E-state index in [-0.39, 0.29) is 0 Å². The summed E-state index contributed by atoms with van der Waals surface area (Å²) < 4.78 is 0. The van der Waals surface area contributed by atoms with Crippen LogP contribution < -0.4 is 0 Å². The van der Waals surface area contributed by atoms with Crippen molar-refractivity contribution in [3.8, 4) is 0 Å². The van der Waals surface area contributed by atoms with Crippen molar-refractivity contribution < 1.29 is 6.51 Å². The van der Waals surface area contributed by atoms with Gasteiger partial charge < -0.3 is 0 Å². The fourth-order valence-corrected chi connectivity index (χ4v) is 90.7. The van der Waals surface area contributed by atoms with Crippen molar-refractivity contribution in [1.29, 1.82) is 0 Å². The molecule has 0 aromatic heterocycles. The van der Waals surface area contributed by atoms with Gasteiger partial charge in [0.2, 0.25) is 0 Å². The monoisotopic (exact) mass is 388 g/mol. The topological polar surface area (TPSA) is 0 Å². The van der Waals surface area contributed by atoms with Crippen molar-refractivity contribution in [2.24, 2.45) is 0 Å². The van der Waals surface area contributed by atoms with Crippen LogP contribution in [-0.2, 0) is 6.51 Å². The fourth-order valence-electron chi connectivity index (χ4n) is 18.5. The second-order valence-corrected chi connectivity index (χ2v) is 37.8. The quantitative estimate of drug-likeness (QED) is 0.212. The van der Waals surface area contributed by atoms with Crippen molar-refractivity contribution in [3.05, 3.63) is 60.7 Å². The molecule has 0 radical (unpaired) electrons. The predicted molar refractivity (Wildman–Crippen MR) is 108 cm³/mol. The molecule has 0 bridgehead atoms. The minimum atomic E-state index is -2.28. The summed E-state index contributed by atoms with van der Waals surface area (Å²) >= 11 is 0. The third-order valence-electron chi connectivity index (χ3n) is 17.9. The van der Waals surface area contributed by atoms with E-state index in [1.807, 2.05) is 0 Å². The van der Waals surface area contributed by atoms with Crippen LogP contribution in [0.5, 0.6) is 0 Å². The average Bonchev–Trinajstić information content (AvgIpc) is 3.65. The molecular weight excluding hydrogens is 368 g/mol. The molecule has 10 heterocycles. The molecule has 4 aromatic carbocycles. The first-order chi connectivity index (χ1) is 13.1. The largest absolute Gasteiger partial charge is 0.0610 e. The van der Waals surface area contributed by atoms with Crippen LogP contribution in [0.1, 0.15) is 0 Å². The molecule has 14 rings (SSSR count). The van der Waals surface area contributed by atoms with Crippen LogP contribution in [0, 0.1) is 0 Å².